The third-order valence-electron chi connectivity index (χ3n) is 4.99. The van der Waals surface area contributed by atoms with Gasteiger partial charge in [0.1, 0.15) is 5.75 Å². The van der Waals surface area contributed by atoms with Gasteiger partial charge in [0.25, 0.3) is 5.91 Å². The van der Waals surface area contributed by atoms with E-state index in [1.54, 1.807) is 7.11 Å². The minimum absolute atomic E-state index is 0.0357. The second kappa shape index (κ2) is 8.53. The highest BCUT2D eigenvalue weighted by molar-refractivity contribution is 9.10. The fourth-order valence-corrected chi connectivity index (χ4v) is 5.05. The molecule has 144 valence electrons. The second-order valence-corrected chi connectivity index (χ2v) is 8.77. The first-order valence-corrected chi connectivity index (χ1v) is 11.0. The summed E-state index contributed by atoms with van der Waals surface area (Å²) in [6.45, 7) is 0. The van der Waals surface area contributed by atoms with E-state index in [0.29, 0.717) is 4.91 Å². The number of hydrogen-bond donors (Lipinski definition) is 0. The lowest BCUT2D eigenvalue weighted by molar-refractivity contribution is -0.123. The molecular formula is C22H21BrN2O2S. The number of ether oxygens (including phenoxy) is 1. The van der Waals surface area contributed by atoms with Crippen molar-refractivity contribution in [2.45, 2.75) is 31.7 Å². The molecule has 2 aromatic carbocycles. The van der Waals surface area contributed by atoms with Crippen LogP contribution in [-0.2, 0) is 4.79 Å². The number of carbonyl (C=O) groups is 1. The Morgan fingerprint density at radius 3 is 2.64 bits per heavy atom. The molecule has 0 atom stereocenters. The van der Waals surface area contributed by atoms with Crippen molar-refractivity contribution in [2.24, 2.45) is 4.99 Å². The number of rotatable bonds is 4. The van der Waals surface area contributed by atoms with E-state index in [0.717, 1.165) is 52.3 Å². The van der Waals surface area contributed by atoms with Gasteiger partial charge in [-0.25, -0.2) is 4.99 Å². The Bertz CT molecular complexity index is 937. The van der Waals surface area contributed by atoms with Gasteiger partial charge in [0.15, 0.2) is 5.17 Å². The van der Waals surface area contributed by atoms with E-state index >= 15 is 0 Å². The van der Waals surface area contributed by atoms with Crippen molar-refractivity contribution in [1.29, 1.82) is 0 Å². The lowest BCUT2D eigenvalue weighted by atomic mass is 10.1. The first-order valence-electron chi connectivity index (χ1n) is 9.36. The first-order chi connectivity index (χ1) is 13.7. The van der Waals surface area contributed by atoms with E-state index in [9.17, 15) is 4.79 Å². The normalized spacial score (nSPS) is 20.5. The Kier molecular flexibility index (Phi) is 5.87. The molecule has 0 unspecified atom stereocenters. The molecule has 1 heterocycles. The summed E-state index contributed by atoms with van der Waals surface area (Å²) >= 11 is 4.95. The minimum atomic E-state index is 0.0357. The Morgan fingerprint density at radius 1 is 1.18 bits per heavy atom. The topological polar surface area (TPSA) is 41.9 Å². The summed E-state index contributed by atoms with van der Waals surface area (Å²) in [6.07, 6.45) is 6.31. The molecule has 2 aliphatic rings. The van der Waals surface area contributed by atoms with E-state index in [1.165, 1.54) is 11.8 Å². The summed E-state index contributed by atoms with van der Waals surface area (Å²) in [4.78, 5) is 20.7. The van der Waals surface area contributed by atoms with Gasteiger partial charge in [-0.1, -0.05) is 47.0 Å². The van der Waals surface area contributed by atoms with Crippen molar-refractivity contribution in [1.82, 2.24) is 4.90 Å². The van der Waals surface area contributed by atoms with E-state index in [1.807, 2.05) is 59.5 Å². The molecule has 0 spiro atoms. The van der Waals surface area contributed by atoms with E-state index < -0.39 is 0 Å². The quantitative estimate of drug-likeness (QED) is 0.529. The molecule has 1 aliphatic carbocycles. The van der Waals surface area contributed by atoms with Crippen LogP contribution >= 0.6 is 27.7 Å². The SMILES string of the molecule is COc1ccc(Br)cc1/C=C1\SC(=Nc2ccccc2)N(C2CCCC2)C1=O. The van der Waals surface area contributed by atoms with Crippen LogP contribution in [0.1, 0.15) is 31.2 Å². The van der Waals surface area contributed by atoms with Crippen LogP contribution in [0.15, 0.2) is 62.9 Å². The molecule has 4 nitrogen and oxygen atoms in total. The molecule has 1 aliphatic heterocycles. The van der Waals surface area contributed by atoms with Crippen LogP contribution in [0.4, 0.5) is 5.69 Å². The van der Waals surface area contributed by atoms with Gasteiger partial charge in [0, 0.05) is 16.1 Å². The number of para-hydroxylation sites is 1. The number of methoxy groups -OCH3 is 1. The number of nitrogens with zero attached hydrogens (tertiary/aromatic N) is 2. The summed E-state index contributed by atoms with van der Waals surface area (Å²) < 4.78 is 6.41. The van der Waals surface area contributed by atoms with Gasteiger partial charge < -0.3 is 4.74 Å². The third-order valence-corrected chi connectivity index (χ3v) is 6.46. The highest BCUT2D eigenvalue weighted by Gasteiger charge is 2.39. The molecule has 0 radical (unpaired) electrons. The zero-order valence-electron chi connectivity index (χ0n) is 15.6. The summed E-state index contributed by atoms with van der Waals surface area (Å²) in [5.41, 5.74) is 1.74. The molecule has 28 heavy (non-hydrogen) atoms. The van der Waals surface area contributed by atoms with Gasteiger partial charge in [0.05, 0.1) is 17.7 Å². The molecule has 2 fully saturated rings. The number of benzene rings is 2. The van der Waals surface area contributed by atoms with Gasteiger partial charge >= 0.3 is 0 Å². The van der Waals surface area contributed by atoms with Crippen LogP contribution in [-0.4, -0.2) is 29.1 Å². The molecule has 0 N–H and O–H groups in total. The van der Waals surface area contributed by atoms with Crippen LogP contribution in [0.3, 0.4) is 0 Å². The van der Waals surface area contributed by atoms with Gasteiger partial charge in [-0.15, -0.1) is 0 Å². The third kappa shape index (κ3) is 4.03. The molecule has 2 aromatic rings. The van der Waals surface area contributed by atoms with Crippen molar-refractivity contribution < 1.29 is 9.53 Å². The highest BCUT2D eigenvalue weighted by Crippen LogP contribution is 2.40. The Labute approximate surface area is 177 Å². The lowest BCUT2D eigenvalue weighted by Gasteiger charge is -2.22. The van der Waals surface area contributed by atoms with Crippen LogP contribution in [0.2, 0.25) is 0 Å². The average Bonchev–Trinajstić information content (AvgIpc) is 3.31. The van der Waals surface area contributed by atoms with Gasteiger partial charge in [-0.2, -0.15) is 0 Å². The molecule has 0 aromatic heterocycles. The van der Waals surface area contributed by atoms with E-state index in [4.69, 9.17) is 9.73 Å². The zero-order valence-corrected chi connectivity index (χ0v) is 18.0. The molecule has 1 saturated heterocycles. The number of amides is 1. The number of amidine groups is 1. The summed E-state index contributed by atoms with van der Waals surface area (Å²) in [6, 6.07) is 15.8. The van der Waals surface area contributed by atoms with Gasteiger partial charge in [0.2, 0.25) is 0 Å². The first kappa shape index (κ1) is 19.3. The molecule has 1 saturated carbocycles. The monoisotopic (exact) mass is 456 g/mol. The van der Waals surface area contributed by atoms with Crippen molar-refractivity contribution in [3.63, 3.8) is 0 Å². The van der Waals surface area contributed by atoms with Crippen molar-refractivity contribution in [3.05, 3.63) is 63.5 Å². The van der Waals surface area contributed by atoms with Gasteiger partial charge in [-0.3, -0.25) is 9.69 Å². The van der Waals surface area contributed by atoms with Crippen molar-refractivity contribution in [3.8, 4) is 5.75 Å². The highest BCUT2D eigenvalue weighted by atomic mass is 79.9. The number of thioether (sulfide) groups is 1. The number of hydrogen-bond acceptors (Lipinski definition) is 4. The zero-order chi connectivity index (χ0) is 19.5. The van der Waals surface area contributed by atoms with Crippen LogP contribution < -0.4 is 4.74 Å². The largest absolute Gasteiger partial charge is 0.496 e. The smallest absolute Gasteiger partial charge is 0.267 e. The van der Waals surface area contributed by atoms with Gasteiger partial charge in [-0.05, 0) is 61.0 Å². The van der Waals surface area contributed by atoms with Crippen molar-refractivity contribution >= 4 is 50.5 Å². The maximum absolute atomic E-state index is 13.3. The summed E-state index contributed by atoms with van der Waals surface area (Å²) in [7, 11) is 1.64. The van der Waals surface area contributed by atoms with E-state index in [-0.39, 0.29) is 11.9 Å². The Balaban J connectivity index is 1.73. The number of aliphatic imine (C=N–C) groups is 1. The molecule has 0 bridgehead atoms. The summed E-state index contributed by atoms with van der Waals surface area (Å²) in [5, 5.41) is 0.767. The Hall–Kier alpha value is -2.05. The minimum Gasteiger partial charge on any atom is -0.496 e. The molecular weight excluding hydrogens is 436 g/mol. The number of halogens is 1. The lowest BCUT2D eigenvalue weighted by Crippen LogP contribution is -2.37. The van der Waals surface area contributed by atoms with Crippen molar-refractivity contribution in [2.75, 3.05) is 7.11 Å². The predicted molar refractivity (Wildman–Crippen MR) is 119 cm³/mol. The standard InChI is InChI=1S/C22H21BrN2O2S/c1-27-19-12-11-16(23)13-15(19)14-20-21(26)25(18-9-5-6-10-18)22(28-20)24-17-7-3-2-4-8-17/h2-4,7-8,11-14,18H,5-6,9-10H2,1H3/b20-14-,24-22?. The fraction of sp³-hybridized carbons (Fsp3) is 0.273. The molecule has 1 amide bonds. The maximum atomic E-state index is 13.3. The number of carbonyl (C=O) groups excluding carboxylic acids is 1. The van der Waals surface area contributed by atoms with E-state index in [2.05, 4.69) is 15.9 Å². The predicted octanol–water partition coefficient (Wildman–Crippen LogP) is 6.00. The van der Waals surface area contributed by atoms with Crippen LogP contribution in [0.25, 0.3) is 6.08 Å². The second-order valence-electron chi connectivity index (χ2n) is 6.84. The Morgan fingerprint density at radius 2 is 1.93 bits per heavy atom. The summed E-state index contributed by atoms with van der Waals surface area (Å²) in [5.74, 6) is 0.776. The molecule has 4 rings (SSSR count). The molecule has 6 heteroatoms. The van der Waals surface area contributed by atoms with Crippen LogP contribution in [0.5, 0.6) is 5.75 Å². The maximum Gasteiger partial charge on any atom is 0.267 e. The van der Waals surface area contributed by atoms with Crippen LogP contribution in [0, 0.1) is 0 Å². The average molecular weight is 457 g/mol. The fourth-order valence-electron chi connectivity index (χ4n) is 3.62.